The summed E-state index contributed by atoms with van der Waals surface area (Å²) in [4.78, 5) is 0. The third kappa shape index (κ3) is 2.40. The highest BCUT2D eigenvalue weighted by atomic mass is 79.9. The monoisotopic (exact) mass is 359 g/mol. The third-order valence-corrected chi connectivity index (χ3v) is 5.15. The largest absolute Gasteiger partial charge is 0.508 e. The lowest BCUT2D eigenvalue weighted by atomic mass is 9.77. The van der Waals surface area contributed by atoms with Crippen molar-refractivity contribution in [2.75, 3.05) is 11.9 Å². The van der Waals surface area contributed by atoms with Gasteiger partial charge in [0.1, 0.15) is 5.75 Å². The average Bonchev–Trinajstić information content (AvgIpc) is 2.54. The molecule has 114 valence electrons. The maximum absolute atomic E-state index is 9.81. The topological polar surface area (TPSA) is 41.5 Å². The summed E-state index contributed by atoms with van der Waals surface area (Å²) >= 11 is 3.56. The van der Waals surface area contributed by atoms with Crippen molar-refractivity contribution in [3.8, 4) is 5.75 Å². The highest BCUT2D eigenvalue weighted by Gasteiger charge is 2.39. The fraction of sp³-hybridized carbons (Fsp3) is 0.333. The van der Waals surface area contributed by atoms with Crippen molar-refractivity contribution in [1.29, 1.82) is 0 Å². The quantitative estimate of drug-likeness (QED) is 0.768. The number of hydrogen-bond acceptors (Lipinski definition) is 3. The van der Waals surface area contributed by atoms with Gasteiger partial charge in [-0.3, -0.25) is 0 Å². The second-order valence-electron chi connectivity index (χ2n) is 6.05. The van der Waals surface area contributed by atoms with Crippen LogP contribution in [0, 0.1) is 5.92 Å². The Labute approximate surface area is 138 Å². The van der Waals surface area contributed by atoms with Crippen LogP contribution in [0.2, 0.25) is 0 Å². The molecule has 1 fully saturated rings. The number of hydrogen-bond donors (Lipinski definition) is 2. The number of aromatic hydroxyl groups is 1. The minimum Gasteiger partial charge on any atom is -0.508 e. The summed E-state index contributed by atoms with van der Waals surface area (Å²) in [7, 11) is 0. The Morgan fingerprint density at radius 3 is 2.95 bits per heavy atom. The molecule has 2 heterocycles. The summed E-state index contributed by atoms with van der Waals surface area (Å²) in [5, 5.41) is 13.5. The highest BCUT2D eigenvalue weighted by molar-refractivity contribution is 9.10. The number of halogens is 1. The Morgan fingerprint density at radius 2 is 2.09 bits per heavy atom. The fourth-order valence-corrected chi connectivity index (χ4v) is 4.07. The minimum atomic E-state index is 0.120. The van der Waals surface area contributed by atoms with Gasteiger partial charge in [-0.25, -0.2) is 0 Å². The zero-order valence-electron chi connectivity index (χ0n) is 12.1. The molecule has 2 aromatic rings. The lowest BCUT2D eigenvalue weighted by Gasteiger charge is -2.43. The number of nitrogens with one attached hydrogen (secondary N) is 1. The molecular formula is C18H18BrNO2. The molecule has 2 aromatic carbocycles. The summed E-state index contributed by atoms with van der Waals surface area (Å²) in [6, 6.07) is 14.0. The molecule has 2 N–H and O–H groups in total. The van der Waals surface area contributed by atoms with Crippen LogP contribution in [0.25, 0.3) is 0 Å². The summed E-state index contributed by atoms with van der Waals surface area (Å²) in [5.41, 5.74) is 3.48. The van der Waals surface area contributed by atoms with Crippen LogP contribution in [-0.4, -0.2) is 11.7 Å². The molecule has 0 spiro atoms. The molecule has 3 atom stereocenters. The van der Waals surface area contributed by atoms with E-state index >= 15 is 0 Å². The maximum Gasteiger partial charge on any atom is 0.115 e. The van der Waals surface area contributed by atoms with Crippen LogP contribution in [0.3, 0.4) is 0 Å². The molecule has 1 saturated heterocycles. The minimum absolute atomic E-state index is 0.120. The second-order valence-corrected chi connectivity index (χ2v) is 6.96. The van der Waals surface area contributed by atoms with Gasteiger partial charge in [0.05, 0.1) is 12.1 Å². The van der Waals surface area contributed by atoms with Crippen LogP contribution >= 0.6 is 15.9 Å². The summed E-state index contributed by atoms with van der Waals surface area (Å²) in [5.74, 6) is 0.700. The van der Waals surface area contributed by atoms with Gasteiger partial charge in [-0.05, 0) is 48.7 Å². The SMILES string of the molecule is Oc1cccc([C@@H]2Nc3ccc(Br)cc3[C@H]3OCCC[C@H]32)c1. The molecular weight excluding hydrogens is 342 g/mol. The summed E-state index contributed by atoms with van der Waals surface area (Å²) in [6.07, 6.45) is 2.33. The standard InChI is InChI=1S/C18H18BrNO2/c19-12-6-7-16-15(10-12)18-14(5-2-8-22-18)17(20-16)11-3-1-4-13(21)9-11/h1,3-4,6-7,9-10,14,17-18,20-21H,2,5,8H2/t14-,17-,18-/m0/s1. The normalized spacial score (nSPS) is 26.7. The van der Waals surface area contributed by atoms with Crippen LogP contribution in [0.15, 0.2) is 46.9 Å². The van der Waals surface area contributed by atoms with E-state index in [-0.39, 0.29) is 12.1 Å². The number of benzene rings is 2. The number of phenols is 1. The fourth-order valence-electron chi connectivity index (χ4n) is 3.69. The highest BCUT2D eigenvalue weighted by Crippen LogP contribution is 2.49. The van der Waals surface area contributed by atoms with Crippen LogP contribution in [-0.2, 0) is 4.74 Å². The van der Waals surface area contributed by atoms with Crippen LogP contribution in [0.4, 0.5) is 5.69 Å². The summed E-state index contributed by atoms with van der Waals surface area (Å²) < 4.78 is 7.20. The molecule has 0 aromatic heterocycles. The molecule has 3 nitrogen and oxygen atoms in total. The van der Waals surface area contributed by atoms with E-state index in [9.17, 15) is 5.11 Å². The molecule has 0 amide bonds. The van der Waals surface area contributed by atoms with Crippen molar-refractivity contribution in [3.63, 3.8) is 0 Å². The van der Waals surface area contributed by atoms with Gasteiger partial charge >= 0.3 is 0 Å². The molecule has 0 radical (unpaired) electrons. The zero-order chi connectivity index (χ0) is 15.1. The van der Waals surface area contributed by atoms with Crippen LogP contribution < -0.4 is 5.32 Å². The molecule has 4 heteroatoms. The van der Waals surface area contributed by atoms with Gasteiger partial charge in [-0.2, -0.15) is 0 Å². The molecule has 22 heavy (non-hydrogen) atoms. The molecule has 0 bridgehead atoms. The maximum atomic E-state index is 9.81. The van der Waals surface area contributed by atoms with E-state index in [4.69, 9.17) is 4.74 Å². The van der Waals surface area contributed by atoms with E-state index in [0.717, 1.165) is 35.2 Å². The molecule has 2 aliphatic rings. The molecule has 0 aliphatic carbocycles. The first-order valence-electron chi connectivity index (χ1n) is 7.69. The summed E-state index contributed by atoms with van der Waals surface area (Å²) in [6.45, 7) is 0.819. The molecule has 0 unspecified atom stereocenters. The van der Waals surface area contributed by atoms with E-state index in [1.807, 2.05) is 12.1 Å². The van der Waals surface area contributed by atoms with Gasteiger partial charge in [0, 0.05) is 28.2 Å². The first-order valence-corrected chi connectivity index (χ1v) is 8.48. The Hall–Kier alpha value is -1.52. The van der Waals surface area contributed by atoms with E-state index in [2.05, 4.69) is 45.5 Å². The lowest BCUT2D eigenvalue weighted by molar-refractivity contribution is -0.0381. The van der Waals surface area contributed by atoms with E-state index in [1.54, 1.807) is 6.07 Å². The Morgan fingerprint density at radius 1 is 1.18 bits per heavy atom. The van der Waals surface area contributed by atoms with Crippen molar-refractivity contribution in [2.24, 2.45) is 5.92 Å². The first kappa shape index (κ1) is 14.1. The van der Waals surface area contributed by atoms with Crippen molar-refractivity contribution in [1.82, 2.24) is 0 Å². The van der Waals surface area contributed by atoms with Gasteiger partial charge in [0.2, 0.25) is 0 Å². The van der Waals surface area contributed by atoms with E-state index in [1.165, 1.54) is 5.56 Å². The van der Waals surface area contributed by atoms with Gasteiger partial charge < -0.3 is 15.2 Å². The predicted molar refractivity (Wildman–Crippen MR) is 90.0 cm³/mol. The van der Waals surface area contributed by atoms with E-state index < -0.39 is 0 Å². The third-order valence-electron chi connectivity index (χ3n) is 4.66. The number of ether oxygens (including phenoxy) is 1. The first-order chi connectivity index (χ1) is 10.7. The Bertz CT molecular complexity index is 703. The van der Waals surface area contributed by atoms with E-state index in [0.29, 0.717) is 11.7 Å². The van der Waals surface area contributed by atoms with Crippen LogP contribution in [0.1, 0.15) is 36.1 Å². The van der Waals surface area contributed by atoms with Gasteiger partial charge in [-0.1, -0.05) is 28.1 Å². The zero-order valence-corrected chi connectivity index (χ0v) is 13.7. The van der Waals surface area contributed by atoms with Gasteiger partial charge in [0.25, 0.3) is 0 Å². The number of fused-ring (bicyclic) bond motifs is 3. The predicted octanol–water partition coefficient (Wildman–Crippen LogP) is 4.79. The number of phenolic OH excluding ortho intramolecular Hbond substituents is 1. The Balaban J connectivity index is 1.79. The lowest BCUT2D eigenvalue weighted by Crippen LogP contribution is -2.35. The van der Waals surface area contributed by atoms with Crippen molar-refractivity contribution in [2.45, 2.75) is 25.0 Å². The molecule has 4 rings (SSSR count). The average molecular weight is 360 g/mol. The second kappa shape index (κ2) is 5.60. The number of anilines is 1. The van der Waals surface area contributed by atoms with Gasteiger partial charge in [0.15, 0.2) is 0 Å². The van der Waals surface area contributed by atoms with Crippen molar-refractivity contribution in [3.05, 3.63) is 58.1 Å². The van der Waals surface area contributed by atoms with Crippen molar-refractivity contribution < 1.29 is 9.84 Å². The van der Waals surface area contributed by atoms with Gasteiger partial charge in [-0.15, -0.1) is 0 Å². The van der Waals surface area contributed by atoms with Crippen LogP contribution in [0.5, 0.6) is 5.75 Å². The molecule has 0 saturated carbocycles. The smallest absolute Gasteiger partial charge is 0.115 e. The Kier molecular flexibility index (Phi) is 3.59. The number of rotatable bonds is 1. The van der Waals surface area contributed by atoms with Crippen molar-refractivity contribution >= 4 is 21.6 Å². The molecule has 2 aliphatic heterocycles.